The van der Waals surface area contributed by atoms with E-state index in [4.69, 9.17) is 4.74 Å². The summed E-state index contributed by atoms with van der Waals surface area (Å²) in [4.78, 5) is 31.5. The molecule has 0 aliphatic carbocycles. The highest BCUT2D eigenvalue weighted by molar-refractivity contribution is 6.02. The third kappa shape index (κ3) is 3.64. The Bertz CT molecular complexity index is 783. The Hall–Kier alpha value is -2.47. The molecular weight excluding hydrogens is 318 g/mol. The lowest BCUT2D eigenvalue weighted by Crippen LogP contribution is -2.41. The number of rotatable bonds is 5. The highest BCUT2D eigenvalue weighted by Crippen LogP contribution is 2.22. The lowest BCUT2D eigenvalue weighted by Gasteiger charge is -2.19. The zero-order valence-corrected chi connectivity index (χ0v) is 14.8. The van der Waals surface area contributed by atoms with E-state index in [1.54, 1.807) is 19.3 Å². The summed E-state index contributed by atoms with van der Waals surface area (Å²) < 4.78 is 5.59. The van der Waals surface area contributed by atoms with Gasteiger partial charge in [0.2, 0.25) is 0 Å². The molecule has 2 aromatic rings. The number of Topliss-reactive ketones (excluding diaryl/α,β-unsaturated/α-hetero) is 1. The summed E-state index contributed by atoms with van der Waals surface area (Å²) in [5.41, 5.74) is 3.65. The molecule has 0 bridgehead atoms. The Morgan fingerprint density at radius 2 is 2.00 bits per heavy atom. The minimum absolute atomic E-state index is 0.0462. The maximum Gasteiger partial charge on any atom is 0.253 e. The number of pyridine rings is 1. The van der Waals surface area contributed by atoms with E-state index in [1.165, 1.54) is 12.5 Å². The maximum atomic E-state index is 12.8. The van der Waals surface area contributed by atoms with Gasteiger partial charge in [-0.15, -0.1) is 0 Å². The number of carbonyl (C=O) groups is 2. The van der Waals surface area contributed by atoms with Crippen molar-refractivity contribution >= 4 is 11.7 Å². The first-order chi connectivity index (χ1) is 12.0. The van der Waals surface area contributed by atoms with Crippen LogP contribution in [0.2, 0.25) is 0 Å². The number of hydrogen-bond acceptors (Lipinski definition) is 4. The van der Waals surface area contributed by atoms with Gasteiger partial charge in [-0.3, -0.25) is 14.6 Å². The van der Waals surface area contributed by atoms with Gasteiger partial charge in [-0.05, 0) is 43.5 Å². The quantitative estimate of drug-likeness (QED) is 0.817. The Morgan fingerprint density at radius 3 is 2.64 bits per heavy atom. The molecule has 1 aliphatic rings. The molecule has 1 saturated heterocycles. The van der Waals surface area contributed by atoms with E-state index in [1.807, 2.05) is 19.1 Å². The fourth-order valence-electron chi connectivity index (χ4n) is 3.46. The Balaban J connectivity index is 1.73. The van der Waals surface area contributed by atoms with Crippen LogP contribution in [0.5, 0.6) is 0 Å². The molecule has 2 atom stereocenters. The molecule has 132 valence electrons. The predicted octanol–water partition coefficient (Wildman–Crippen LogP) is 2.22. The van der Waals surface area contributed by atoms with Gasteiger partial charge >= 0.3 is 0 Å². The molecule has 1 fully saturated rings. The molecule has 6 heteroatoms. The molecule has 3 rings (SSSR count). The van der Waals surface area contributed by atoms with Crippen LogP contribution >= 0.6 is 0 Å². The fraction of sp³-hybridized carbons (Fsp3) is 0.421. The number of aryl methyl sites for hydroxylation is 1. The van der Waals surface area contributed by atoms with Crippen molar-refractivity contribution in [2.45, 2.75) is 33.2 Å². The van der Waals surface area contributed by atoms with Crippen LogP contribution in [0.3, 0.4) is 0 Å². The summed E-state index contributed by atoms with van der Waals surface area (Å²) in [7, 11) is 0. The van der Waals surface area contributed by atoms with E-state index in [9.17, 15) is 9.59 Å². The summed E-state index contributed by atoms with van der Waals surface area (Å²) in [6.07, 6.45) is 4.38. The summed E-state index contributed by atoms with van der Waals surface area (Å²) in [5, 5.41) is 3.09. The molecular formula is C19H23N3O3. The van der Waals surface area contributed by atoms with Crippen molar-refractivity contribution in [1.82, 2.24) is 15.3 Å². The summed E-state index contributed by atoms with van der Waals surface area (Å²) in [5.74, 6) is -0.00780. The highest BCUT2D eigenvalue weighted by Gasteiger charge is 2.31. The number of nitrogens with zero attached hydrogens (tertiary/aromatic N) is 1. The second-order valence-corrected chi connectivity index (χ2v) is 6.62. The van der Waals surface area contributed by atoms with Gasteiger partial charge in [-0.25, -0.2) is 0 Å². The monoisotopic (exact) mass is 341 g/mol. The van der Waals surface area contributed by atoms with Crippen LogP contribution in [-0.2, 0) is 11.2 Å². The summed E-state index contributed by atoms with van der Waals surface area (Å²) in [6.45, 7) is 6.23. The van der Waals surface area contributed by atoms with Crippen molar-refractivity contribution in [2.24, 2.45) is 5.92 Å². The lowest BCUT2D eigenvalue weighted by molar-refractivity contribution is 0.0924. The van der Waals surface area contributed by atoms with Crippen LogP contribution in [0.25, 0.3) is 0 Å². The maximum absolute atomic E-state index is 12.8. The normalized spacial score (nSPS) is 19.8. The SMILES string of the molecule is CC(=O)c1[nH]c(C)c(C(=O)N[C@H]2COC[C@H]2Cc2ccncc2)c1C. The number of aromatic nitrogens is 2. The number of aromatic amines is 1. The minimum Gasteiger partial charge on any atom is -0.379 e. The summed E-state index contributed by atoms with van der Waals surface area (Å²) in [6, 6.07) is 3.92. The van der Waals surface area contributed by atoms with Crippen LogP contribution < -0.4 is 5.32 Å². The first-order valence-corrected chi connectivity index (χ1v) is 8.45. The molecule has 6 nitrogen and oxygen atoms in total. The largest absolute Gasteiger partial charge is 0.379 e. The van der Waals surface area contributed by atoms with Gasteiger partial charge in [0.1, 0.15) is 0 Å². The van der Waals surface area contributed by atoms with E-state index in [0.29, 0.717) is 35.7 Å². The zero-order chi connectivity index (χ0) is 18.0. The average Bonchev–Trinajstić information content (AvgIpc) is 3.12. The predicted molar refractivity (Wildman–Crippen MR) is 93.8 cm³/mol. The smallest absolute Gasteiger partial charge is 0.253 e. The van der Waals surface area contributed by atoms with Crippen LogP contribution in [0.1, 0.15) is 44.6 Å². The number of amides is 1. The molecule has 0 unspecified atom stereocenters. The van der Waals surface area contributed by atoms with Gasteiger partial charge in [0, 0.05) is 30.9 Å². The Morgan fingerprint density at radius 1 is 1.28 bits per heavy atom. The number of H-pyrrole nitrogens is 1. The van der Waals surface area contributed by atoms with Gasteiger partial charge in [-0.1, -0.05) is 0 Å². The van der Waals surface area contributed by atoms with E-state index in [0.717, 1.165) is 6.42 Å². The number of ketones is 1. The van der Waals surface area contributed by atoms with Gasteiger partial charge in [0.05, 0.1) is 30.5 Å². The van der Waals surface area contributed by atoms with Gasteiger partial charge in [0.15, 0.2) is 5.78 Å². The first kappa shape index (κ1) is 17.4. The standard InChI is InChI=1S/C19H23N3O3/c1-11-17(12(2)21-18(11)13(3)23)19(24)22-16-10-25-9-15(16)8-14-4-6-20-7-5-14/h4-7,15-16,21H,8-10H2,1-3H3,(H,22,24)/t15-,16+/m1/s1. The van der Waals surface area contributed by atoms with E-state index < -0.39 is 0 Å². The van der Waals surface area contributed by atoms with Gasteiger partial charge in [-0.2, -0.15) is 0 Å². The molecule has 25 heavy (non-hydrogen) atoms. The Kier molecular flexibility index (Phi) is 4.99. The second kappa shape index (κ2) is 7.19. The molecule has 2 N–H and O–H groups in total. The zero-order valence-electron chi connectivity index (χ0n) is 14.8. The van der Waals surface area contributed by atoms with E-state index in [-0.39, 0.29) is 23.7 Å². The van der Waals surface area contributed by atoms with Gasteiger partial charge in [0.25, 0.3) is 5.91 Å². The first-order valence-electron chi connectivity index (χ1n) is 8.45. The second-order valence-electron chi connectivity index (χ2n) is 6.62. The van der Waals surface area contributed by atoms with Gasteiger partial charge < -0.3 is 15.0 Å². The number of ether oxygens (including phenoxy) is 1. The Labute approximate surface area is 147 Å². The van der Waals surface area contributed by atoms with Crippen molar-refractivity contribution in [3.63, 3.8) is 0 Å². The number of carbonyl (C=O) groups excluding carboxylic acids is 2. The molecule has 0 aromatic carbocycles. The molecule has 3 heterocycles. The number of nitrogens with one attached hydrogen (secondary N) is 2. The molecule has 0 radical (unpaired) electrons. The number of hydrogen-bond donors (Lipinski definition) is 2. The van der Waals surface area contributed by atoms with E-state index in [2.05, 4.69) is 15.3 Å². The van der Waals surface area contributed by atoms with Crippen LogP contribution in [-0.4, -0.2) is 40.9 Å². The molecule has 1 amide bonds. The highest BCUT2D eigenvalue weighted by atomic mass is 16.5. The van der Waals surface area contributed by atoms with Crippen LogP contribution in [0.15, 0.2) is 24.5 Å². The average molecular weight is 341 g/mol. The third-order valence-electron chi connectivity index (χ3n) is 4.78. The topological polar surface area (TPSA) is 84.1 Å². The minimum atomic E-state index is -0.158. The van der Waals surface area contributed by atoms with Crippen molar-refractivity contribution in [3.05, 3.63) is 52.6 Å². The van der Waals surface area contributed by atoms with E-state index >= 15 is 0 Å². The molecule has 0 spiro atoms. The molecule has 2 aromatic heterocycles. The third-order valence-corrected chi connectivity index (χ3v) is 4.78. The van der Waals surface area contributed by atoms with Crippen molar-refractivity contribution in [1.29, 1.82) is 0 Å². The van der Waals surface area contributed by atoms with Crippen LogP contribution in [0.4, 0.5) is 0 Å². The summed E-state index contributed by atoms with van der Waals surface area (Å²) >= 11 is 0. The van der Waals surface area contributed by atoms with Crippen molar-refractivity contribution in [3.8, 4) is 0 Å². The lowest BCUT2D eigenvalue weighted by atomic mass is 9.95. The van der Waals surface area contributed by atoms with Crippen molar-refractivity contribution in [2.75, 3.05) is 13.2 Å². The molecule has 1 aliphatic heterocycles. The molecule has 0 saturated carbocycles. The van der Waals surface area contributed by atoms with Crippen molar-refractivity contribution < 1.29 is 14.3 Å². The van der Waals surface area contributed by atoms with Crippen LogP contribution in [0, 0.1) is 19.8 Å². The fourth-order valence-corrected chi connectivity index (χ4v) is 3.46.